The molecule has 6 aromatic carbocycles. The normalized spacial score (nSPS) is 21.9. The summed E-state index contributed by atoms with van der Waals surface area (Å²) >= 11 is 2.06. The van der Waals surface area contributed by atoms with Crippen molar-refractivity contribution in [1.29, 1.82) is 0 Å². The van der Waals surface area contributed by atoms with E-state index in [2.05, 4.69) is 250 Å². The van der Waals surface area contributed by atoms with E-state index in [9.17, 15) is 0 Å². The first-order chi connectivity index (χ1) is 36.2. The fraction of sp³-hybridized carbons (Fsp3) is 0.486. The van der Waals surface area contributed by atoms with E-state index >= 15 is 0 Å². The molecule has 4 aliphatic carbocycles. The second-order valence-electron chi connectivity index (χ2n) is 32.1. The molecular weight excluding hydrogens is 960 g/mol. The predicted octanol–water partition coefficient (Wildman–Crippen LogP) is 19.3. The van der Waals surface area contributed by atoms with E-state index in [-0.39, 0.29) is 55.4 Å². The summed E-state index contributed by atoms with van der Waals surface area (Å²) in [4.78, 5) is 5.52. The van der Waals surface area contributed by atoms with Crippen LogP contribution in [0.1, 0.15) is 233 Å². The van der Waals surface area contributed by atoms with E-state index in [4.69, 9.17) is 0 Å². The van der Waals surface area contributed by atoms with Crippen molar-refractivity contribution in [2.24, 2.45) is 0 Å². The molecule has 2 aliphatic heterocycles. The van der Waals surface area contributed by atoms with Gasteiger partial charge in [0.15, 0.2) is 0 Å². The Kier molecular flexibility index (Phi) is 11.0. The van der Waals surface area contributed by atoms with Gasteiger partial charge in [0.1, 0.15) is 0 Å². The maximum atomic E-state index is 2.79. The lowest BCUT2D eigenvalue weighted by molar-refractivity contribution is 0.332. The molecule has 0 radical (unpaired) electrons. The van der Waals surface area contributed by atoms with Crippen molar-refractivity contribution in [3.05, 3.63) is 147 Å². The van der Waals surface area contributed by atoms with E-state index in [1.54, 1.807) is 11.1 Å². The summed E-state index contributed by atoms with van der Waals surface area (Å²) in [7, 11) is 0. The summed E-state index contributed by atoms with van der Waals surface area (Å²) in [6.07, 6.45) is 9.51. The molecule has 0 amide bonds. The van der Waals surface area contributed by atoms with Crippen LogP contribution >= 0.6 is 11.3 Å². The first-order valence-corrected chi connectivity index (χ1v) is 31.0. The largest absolute Gasteiger partial charge is 0.311 e. The number of benzene rings is 6. The standard InChI is InChI=1S/C74H89BN2S/c1-66(2,3)46-21-23-47(24-22-46)76-59-42-56-55(72(14,15)33-34-73(56,16)17)41-58(59)75-63-49-40-54-57(74(18,19)35-32-71(54,12)13)43-62(49)78-65(63)77(48-25-27-51-53(39-48)70(10,11)31-29-68(51,6)7)61-38-45(37-60(76)64(61)75)44-20-26-50-52(36-44)69(8,9)30-28-67(50,4)5/h20-27,36-43H,28-35H2,1-19H3. The van der Waals surface area contributed by atoms with E-state index in [0.717, 1.165) is 0 Å². The van der Waals surface area contributed by atoms with Crippen molar-refractivity contribution < 1.29 is 0 Å². The van der Waals surface area contributed by atoms with Crippen LogP contribution < -0.4 is 26.2 Å². The predicted molar refractivity (Wildman–Crippen MR) is 341 cm³/mol. The zero-order valence-electron chi connectivity index (χ0n) is 51.3. The number of fused-ring (bicyclic) bond motifs is 10. The third-order valence-corrected chi connectivity index (χ3v) is 23.1. The summed E-state index contributed by atoms with van der Waals surface area (Å²) < 4.78 is 1.42. The van der Waals surface area contributed by atoms with Crippen molar-refractivity contribution in [1.82, 2.24) is 0 Å². The number of hydrogen-bond donors (Lipinski definition) is 0. The van der Waals surface area contributed by atoms with Gasteiger partial charge in [0, 0.05) is 33.1 Å². The van der Waals surface area contributed by atoms with Crippen LogP contribution in [0.4, 0.5) is 33.4 Å². The van der Waals surface area contributed by atoms with Gasteiger partial charge in [-0.05, 0) is 238 Å². The highest BCUT2D eigenvalue weighted by Gasteiger charge is 2.50. The molecule has 3 heterocycles. The van der Waals surface area contributed by atoms with Crippen LogP contribution in [0.15, 0.2) is 97.1 Å². The van der Waals surface area contributed by atoms with E-state index in [1.165, 1.54) is 161 Å². The second-order valence-corrected chi connectivity index (χ2v) is 33.1. The zero-order chi connectivity index (χ0) is 55.6. The SMILES string of the molecule is CC(C)(C)c1ccc(N2c3cc4c(cc3B3c5c2cc(-c2ccc6c(c2)C(C)(C)CCC6(C)C)cc5N(c2ccc5c(c2)C(C)(C)CCC5(C)C)c2sc5cc6c(cc5c23)C(C)(C)CCC6(C)C)C(C)(C)CCC4(C)C)cc1. The van der Waals surface area contributed by atoms with Gasteiger partial charge in [-0.15, -0.1) is 11.3 Å². The Morgan fingerprint density at radius 1 is 0.372 bits per heavy atom. The Balaban J connectivity index is 1.20. The average molecular weight is 1050 g/mol. The number of rotatable bonds is 3. The van der Waals surface area contributed by atoms with Crippen molar-refractivity contribution >= 4 is 78.0 Å². The molecule has 2 nitrogen and oxygen atoms in total. The molecule has 78 heavy (non-hydrogen) atoms. The number of nitrogens with zero attached hydrogens (tertiary/aromatic N) is 2. The Bertz CT molecular complexity index is 3690. The van der Waals surface area contributed by atoms with Crippen LogP contribution in [0.3, 0.4) is 0 Å². The molecule has 6 aliphatic rings. The van der Waals surface area contributed by atoms with Crippen LogP contribution in [-0.4, -0.2) is 6.71 Å². The second kappa shape index (κ2) is 16.3. The molecular formula is C74H89BN2S. The number of hydrogen-bond acceptors (Lipinski definition) is 3. The maximum absolute atomic E-state index is 2.79. The molecule has 13 rings (SSSR count). The molecule has 0 saturated carbocycles. The lowest BCUT2D eigenvalue weighted by Crippen LogP contribution is -2.61. The molecule has 0 spiro atoms. The summed E-state index contributed by atoms with van der Waals surface area (Å²) in [6.45, 7) is 47.0. The van der Waals surface area contributed by atoms with Crippen LogP contribution in [-0.2, 0) is 48.7 Å². The van der Waals surface area contributed by atoms with Gasteiger partial charge in [-0.2, -0.15) is 0 Å². The van der Waals surface area contributed by atoms with Gasteiger partial charge in [-0.25, -0.2) is 0 Å². The van der Waals surface area contributed by atoms with Gasteiger partial charge >= 0.3 is 0 Å². The minimum atomic E-state index is 0.0179. The maximum Gasteiger partial charge on any atom is 0.254 e. The molecule has 0 N–H and O–H groups in total. The van der Waals surface area contributed by atoms with Crippen molar-refractivity contribution in [3.63, 3.8) is 0 Å². The molecule has 0 saturated heterocycles. The lowest BCUT2D eigenvalue weighted by atomic mass is 9.33. The first kappa shape index (κ1) is 52.3. The Morgan fingerprint density at radius 2 is 0.795 bits per heavy atom. The molecule has 0 bridgehead atoms. The molecule has 0 fully saturated rings. The van der Waals surface area contributed by atoms with Gasteiger partial charge in [-0.3, -0.25) is 0 Å². The molecule has 4 heteroatoms. The first-order valence-electron chi connectivity index (χ1n) is 30.2. The van der Waals surface area contributed by atoms with Crippen LogP contribution in [0.25, 0.3) is 21.2 Å². The van der Waals surface area contributed by atoms with Crippen molar-refractivity contribution in [2.45, 2.75) is 232 Å². The van der Waals surface area contributed by atoms with Gasteiger partial charge in [0.05, 0.1) is 5.00 Å². The smallest absolute Gasteiger partial charge is 0.254 e. The topological polar surface area (TPSA) is 6.48 Å². The van der Waals surface area contributed by atoms with Crippen LogP contribution in [0.5, 0.6) is 0 Å². The fourth-order valence-corrected chi connectivity index (χ4v) is 17.2. The molecule has 0 atom stereocenters. The van der Waals surface area contributed by atoms with Gasteiger partial charge in [-0.1, -0.05) is 174 Å². The van der Waals surface area contributed by atoms with Crippen LogP contribution in [0, 0.1) is 0 Å². The van der Waals surface area contributed by atoms with Gasteiger partial charge < -0.3 is 9.80 Å². The zero-order valence-corrected chi connectivity index (χ0v) is 52.1. The monoisotopic (exact) mass is 1050 g/mol. The highest BCUT2D eigenvalue weighted by Crippen LogP contribution is 2.57. The lowest BCUT2D eigenvalue weighted by Gasteiger charge is -2.47. The third kappa shape index (κ3) is 7.65. The van der Waals surface area contributed by atoms with Crippen molar-refractivity contribution in [3.8, 4) is 11.1 Å². The molecule has 7 aromatic rings. The quantitative estimate of drug-likeness (QED) is 0.163. The number of thiophene rings is 1. The third-order valence-electron chi connectivity index (χ3n) is 21.9. The highest BCUT2D eigenvalue weighted by molar-refractivity contribution is 7.26. The summed E-state index contributed by atoms with van der Waals surface area (Å²) in [5, 5.41) is 2.83. The summed E-state index contributed by atoms with van der Waals surface area (Å²) in [6, 6.07) is 41.1. The van der Waals surface area contributed by atoms with Gasteiger partial charge in [0.25, 0.3) is 6.71 Å². The fourth-order valence-electron chi connectivity index (χ4n) is 15.9. The summed E-state index contributed by atoms with van der Waals surface area (Å²) in [5.41, 5.74) is 27.6. The molecule has 1 aromatic heterocycles. The van der Waals surface area contributed by atoms with E-state index < -0.39 is 0 Å². The van der Waals surface area contributed by atoms with E-state index in [1.807, 2.05) is 0 Å². The minimum Gasteiger partial charge on any atom is -0.311 e. The molecule has 404 valence electrons. The minimum absolute atomic E-state index is 0.0179. The Morgan fingerprint density at radius 3 is 1.32 bits per heavy atom. The Labute approximate surface area is 474 Å². The number of anilines is 6. The highest BCUT2D eigenvalue weighted by atomic mass is 32.1. The Hall–Kier alpha value is -5.06. The molecule has 0 unspecified atom stereocenters. The van der Waals surface area contributed by atoms with E-state index in [0.29, 0.717) is 0 Å². The van der Waals surface area contributed by atoms with Crippen LogP contribution in [0.2, 0.25) is 0 Å². The van der Waals surface area contributed by atoms with Crippen molar-refractivity contribution in [2.75, 3.05) is 9.80 Å². The van der Waals surface area contributed by atoms with Gasteiger partial charge in [0.2, 0.25) is 0 Å². The summed E-state index contributed by atoms with van der Waals surface area (Å²) in [5.74, 6) is 0. The average Bonchev–Trinajstić information content (AvgIpc) is 2.83.